The molecule has 10 rings (SSSR count). The standard InChI is InChI=1S/C70H108N6.C34H32N2/c1-17-25-53(9)71(54(10)26-18-2)61-33-41-65(42-34-61)75(66-43-35-62(36-44-66)72(55(11)27-19-3)56(12)28-20-4)69-49-51-70(52-50-69)76(67-45-37-63(38-46-67)73(57(13)29-21-5)58(14)30-22-6)68-47-39-64(40-48-68)74(59(15)31-23-7)60(16)32-24-8;1-25-5-13-29(14-6-25)35(30-15-7-26(2)8-16-30)33-21-23-34(24-22-33)36(31-17-9-27(3)10-18-31)32-19-11-28(4)12-20-32/h33-60H,17-32H2,1-16H3;5-24H,1-4H3. The second-order valence-electron chi connectivity index (χ2n) is 32.5. The lowest BCUT2D eigenvalue weighted by Crippen LogP contribution is -2.40. The molecule has 112 heavy (non-hydrogen) atoms. The number of aryl methyl sites for hydroxylation is 4. The van der Waals surface area contributed by atoms with E-state index in [0.29, 0.717) is 48.3 Å². The van der Waals surface area contributed by atoms with Gasteiger partial charge in [-0.2, -0.15) is 0 Å². The molecule has 0 bridgehead atoms. The average molecular weight is 1500 g/mol. The summed E-state index contributed by atoms with van der Waals surface area (Å²) in [6, 6.07) is 94.7. The molecule has 10 aromatic rings. The Morgan fingerprint density at radius 1 is 0.152 bits per heavy atom. The lowest BCUT2D eigenvalue weighted by atomic mass is 10.0. The fraction of sp³-hybridized carbons (Fsp3) is 0.423. The monoisotopic (exact) mass is 1500 g/mol. The van der Waals surface area contributed by atoms with Gasteiger partial charge < -0.3 is 39.2 Å². The topological polar surface area (TPSA) is 25.9 Å². The third-order valence-corrected chi connectivity index (χ3v) is 23.0. The van der Waals surface area contributed by atoms with Gasteiger partial charge in [0.2, 0.25) is 0 Å². The number of hydrogen-bond acceptors (Lipinski definition) is 8. The molecule has 0 fully saturated rings. The zero-order valence-corrected chi connectivity index (χ0v) is 72.6. The smallest absolute Gasteiger partial charge is 0.0463 e. The predicted octanol–water partition coefficient (Wildman–Crippen LogP) is 31.2. The highest BCUT2D eigenvalue weighted by atomic mass is 15.2. The first-order valence-electron chi connectivity index (χ1n) is 43.4. The Kier molecular flexibility index (Phi) is 33.3. The van der Waals surface area contributed by atoms with Crippen LogP contribution in [0.15, 0.2) is 243 Å². The van der Waals surface area contributed by atoms with E-state index in [0.717, 1.165) is 68.2 Å². The SMILES string of the molecule is CCCC(C)N(c1ccc(N(c2ccc(N(c3ccc(N(C(C)CCC)C(C)CCC)cc3)c3ccc(N(C(C)CCC)C(C)CCC)cc3)cc2)c2ccc(N(C(C)CCC)C(C)CCC)cc2)cc1)C(C)CCC.Cc1ccc(N(c2ccc(C)cc2)c2ccc(N(c3ccc(C)cc3)c3ccc(C)cc3)cc2)cc1. The van der Waals surface area contributed by atoms with Crippen LogP contribution in [0.1, 0.15) is 236 Å². The van der Waals surface area contributed by atoms with Crippen LogP contribution in [-0.2, 0) is 0 Å². The summed E-state index contributed by atoms with van der Waals surface area (Å²) in [5.74, 6) is 0. The summed E-state index contributed by atoms with van der Waals surface area (Å²) in [6.07, 6.45) is 18.9. The van der Waals surface area contributed by atoms with Crippen LogP contribution in [0.25, 0.3) is 0 Å². The molecule has 0 amide bonds. The zero-order chi connectivity index (χ0) is 80.4. The largest absolute Gasteiger partial charge is 0.366 e. The van der Waals surface area contributed by atoms with E-state index in [-0.39, 0.29) is 0 Å². The van der Waals surface area contributed by atoms with Crippen molar-refractivity contribution in [2.24, 2.45) is 0 Å². The van der Waals surface area contributed by atoms with Gasteiger partial charge in [0.1, 0.15) is 0 Å². The second kappa shape index (κ2) is 43.0. The molecule has 596 valence electrons. The fourth-order valence-electron chi connectivity index (χ4n) is 17.4. The number of benzene rings is 10. The van der Waals surface area contributed by atoms with Gasteiger partial charge in [0, 0.05) is 139 Å². The van der Waals surface area contributed by atoms with Crippen LogP contribution in [0.5, 0.6) is 0 Å². The maximum Gasteiger partial charge on any atom is 0.0463 e. The van der Waals surface area contributed by atoms with Crippen molar-refractivity contribution in [1.82, 2.24) is 0 Å². The van der Waals surface area contributed by atoms with Crippen molar-refractivity contribution in [1.29, 1.82) is 0 Å². The van der Waals surface area contributed by atoms with Crippen molar-refractivity contribution in [2.75, 3.05) is 39.2 Å². The fourth-order valence-corrected chi connectivity index (χ4v) is 17.4. The first-order chi connectivity index (χ1) is 54.2. The highest BCUT2D eigenvalue weighted by Gasteiger charge is 2.27. The number of rotatable bonds is 40. The quantitative estimate of drug-likeness (QED) is 0.0375. The minimum absolute atomic E-state index is 0.471. The predicted molar refractivity (Wildman–Crippen MR) is 495 cm³/mol. The molecule has 8 unspecified atom stereocenters. The van der Waals surface area contributed by atoms with Gasteiger partial charge in [0.05, 0.1) is 0 Å². The zero-order valence-electron chi connectivity index (χ0n) is 72.6. The van der Waals surface area contributed by atoms with Crippen molar-refractivity contribution in [2.45, 2.75) is 290 Å². The maximum absolute atomic E-state index is 2.67. The summed E-state index contributed by atoms with van der Waals surface area (Å²) in [5.41, 5.74) is 24.0. The Labute approximate surface area is 680 Å². The van der Waals surface area contributed by atoms with Gasteiger partial charge in [0.25, 0.3) is 0 Å². The molecular weight excluding hydrogens is 1360 g/mol. The van der Waals surface area contributed by atoms with E-state index in [9.17, 15) is 0 Å². The first-order valence-corrected chi connectivity index (χ1v) is 43.4. The van der Waals surface area contributed by atoms with E-state index in [1.54, 1.807) is 0 Å². The molecule has 0 saturated carbocycles. The van der Waals surface area contributed by atoms with Crippen LogP contribution in [0.2, 0.25) is 0 Å². The molecule has 0 heterocycles. The molecule has 0 aliphatic heterocycles. The van der Waals surface area contributed by atoms with E-state index in [2.05, 4.69) is 420 Å². The van der Waals surface area contributed by atoms with Gasteiger partial charge in [-0.3, -0.25) is 0 Å². The van der Waals surface area contributed by atoms with E-state index in [1.165, 1.54) is 148 Å². The average Bonchev–Trinajstić information content (AvgIpc) is 0.744. The molecule has 0 N–H and O–H groups in total. The summed E-state index contributed by atoms with van der Waals surface area (Å²) < 4.78 is 0. The van der Waals surface area contributed by atoms with Crippen molar-refractivity contribution < 1.29 is 0 Å². The first kappa shape index (κ1) is 86.6. The van der Waals surface area contributed by atoms with E-state index in [1.807, 2.05) is 0 Å². The molecule has 0 spiro atoms. The van der Waals surface area contributed by atoms with Gasteiger partial charge in [-0.15, -0.1) is 0 Å². The summed E-state index contributed by atoms with van der Waals surface area (Å²) in [6.45, 7) is 46.2. The van der Waals surface area contributed by atoms with Crippen LogP contribution in [0.4, 0.5) is 91.0 Å². The summed E-state index contributed by atoms with van der Waals surface area (Å²) in [4.78, 5) is 20.2. The third-order valence-electron chi connectivity index (χ3n) is 23.0. The normalized spacial score (nSPS) is 13.5. The minimum atomic E-state index is 0.471. The third kappa shape index (κ3) is 22.5. The van der Waals surface area contributed by atoms with Crippen LogP contribution < -0.4 is 39.2 Å². The van der Waals surface area contributed by atoms with E-state index < -0.39 is 0 Å². The second-order valence-corrected chi connectivity index (χ2v) is 32.5. The molecule has 8 nitrogen and oxygen atoms in total. The molecular formula is C104H140N8. The Morgan fingerprint density at radius 2 is 0.241 bits per heavy atom. The molecule has 8 heteroatoms. The van der Waals surface area contributed by atoms with Crippen molar-refractivity contribution in [3.63, 3.8) is 0 Å². The molecule has 0 radical (unpaired) electrons. The molecule has 0 aromatic heterocycles. The van der Waals surface area contributed by atoms with Crippen molar-refractivity contribution in [3.8, 4) is 0 Å². The lowest BCUT2D eigenvalue weighted by Gasteiger charge is -2.38. The van der Waals surface area contributed by atoms with Crippen LogP contribution in [0, 0.1) is 27.7 Å². The van der Waals surface area contributed by atoms with Gasteiger partial charge in [-0.05, 0) is 329 Å². The molecule has 0 aliphatic carbocycles. The maximum atomic E-state index is 2.67. The van der Waals surface area contributed by atoms with Gasteiger partial charge in [-0.1, -0.05) is 178 Å². The Morgan fingerprint density at radius 3 is 0.339 bits per heavy atom. The van der Waals surface area contributed by atoms with Crippen molar-refractivity contribution >= 4 is 91.0 Å². The Balaban J connectivity index is 0.000000330. The molecule has 0 saturated heterocycles. The Bertz CT molecular complexity index is 3730. The van der Waals surface area contributed by atoms with E-state index in [4.69, 9.17) is 0 Å². The van der Waals surface area contributed by atoms with Crippen molar-refractivity contribution in [3.05, 3.63) is 265 Å². The van der Waals surface area contributed by atoms with E-state index >= 15 is 0 Å². The summed E-state index contributed by atoms with van der Waals surface area (Å²) >= 11 is 0. The highest BCUT2D eigenvalue weighted by Crippen LogP contribution is 2.45. The van der Waals surface area contributed by atoms with Crippen LogP contribution >= 0.6 is 0 Å². The van der Waals surface area contributed by atoms with Gasteiger partial charge in [0.15, 0.2) is 0 Å². The number of nitrogens with zero attached hydrogens (tertiary/aromatic N) is 8. The number of hydrogen-bond donors (Lipinski definition) is 0. The summed E-state index contributed by atoms with van der Waals surface area (Å²) in [7, 11) is 0. The Hall–Kier alpha value is -9.40. The molecule has 0 aliphatic rings. The lowest BCUT2D eigenvalue weighted by molar-refractivity contribution is 0.494. The summed E-state index contributed by atoms with van der Waals surface area (Å²) in [5, 5.41) is 0. The number of anilines is 16. The minimum Gasteiger partial charge on any atom is -0.366 e. The van der Waals surface area contributed by atoms with Gasteiger partial charge in [-0.25, -0.2) is 0 Å². The highest BCUT2D eigenvalue weighted by molar-refractivity contribution is 5.85. The molecule has 10 aromatic carbocycles. The van der Waals surface area contributed by atoms with Gasteiger partial charge >= 0.3 is 0 Å². The van der Waals surface area contributed by atoms with Crippen LogP contribution in [0.3, 0.4) is 0 Å². The molecule has 8 atom stereocenters. The van der Waals surface area contributed by atoms with Crippen LogP contribution in [-0.4, -0.2) is 48.3 Å².